The zero-order valence-electron chi connectivity index (χ0n) is 24.4. The third-order valence-corrected chi connectivity index (χ3v) is 7.18. The number of amides is 1. The number of aryl methyl sites for hydroxylation is 1. The van der Waals surface area contributed by atoms with Crippen LogP contribution in [0.5, 0.6) is 17.2 Å². The summed E-state index contributed by atoms with van der Waals surface area (Å²) in [7, 11) is 0. The van der Waals surface area contributed by atoms with Crippen molar-refractivity contribution in [2.24, 2.45) is 0 Å². The molecule has 0 radical (unpaired) electrons. The van der Waals surface area contributed by atoms with Crippen LogP contribution >= 0.6 is 0 Å². The van der Waals surface area contributed by atoms with Crippen molar-refractivity contribution >= 4 is 39.9 Å². The number of fused-ring (bicyclic) bond motifs is 5. The summed E-state index contributed by atoms with van der Waals surface area (Å²) in [5.74, 6) is 8.55. The molecular weight excluding hydrogens is 546 g/mol. The average molecular weight is 578 g/mol. The molecular formula is C31H31N9O3. The Morgan fingerprint density at radius 1 is 1.09 bits per heavy atom. The lowest BCUT2D eigenvalue weighted by Gasteiger charge is -2.44. The Hall–Kier alpha value is -5.44. The van der Waals surface area contributed by atoms with Gasteiger partial charge in [0.05, 0.1) is 11.6 Å². The van der Waals surface area contributed by atoms with Gasteiger partial charge < -0.3 is 24.6 Å². The first-order valence-electron chi connectivity index (χ1n) is 14.2. The van der Waals surface area contributed by atoms with E-state index in [-0.39, 0.29) is 11.9 Å². The number of hydrogen-bond donors (Lipinski definition) is 1. The third kappa shape index (κ3) is 5.44. The average Bonchev–Trinajstić information content (AvgIpc) is 3.50. The van der Waals surface area contributed by atoms with E-state index in [2.05, 4.69) is 42.1 Å². The van der Waals surface area contributed by atoms with Crippen LogP contribution in [0.15, 0.2) is 55.2 Å². The third-order valence-electron chi connectivity index (χ3n) is 7.18. The largest absolute Gasteiger partial charge is 0.487 e. The zero-order chi connectivity index (χ0) is 29.9. The van der Waals surface area contributed by atoms with Gasteiger partial charge in [0, 0.05) is 43.7 Å². The Labute approximate surface area is 248 Å². The Morgan fingerprint density at radius 3 is 2.81 bits per heavy atom. The van der Waals surface area contributed by atoms with E-state index in [0.29, 0.717) is 60.2 Å². The van der Waals surface area contributed by atoms with Gasteiger partial charge in [0.25, 0.3) is 5.91 Å². The van der Waals surface area contributed by atoms with E-state index in [0.717, 1.165) is 22.8 Å². The van der Waals surface area contributed by atoms with Crippen molar-refractivity contribution in [2.75, 3.05) is 36.5 Å². The summed E-state index contributed by atoms with van der Waals surface area (Å²) in [4.78, 5) is 34.4. The van der Waals surface area contributed by atoms with Gasteiger partial charge in [-0.2, -0.15) is 5.10 Å². The van der Waals surface area contributed by atoms with E-state index in [1.807, 2.05) is 63.4 Å². The maximum absolute atomic E-state index is 12.3. The van der Waals surface area contributed by atoms with Crippen molar-refractivity contribution in [3.63, 3.8) is 0 Å². The van der Waals surface area contributed by atoms with Crippen molar-refractivity contribution in [1.29, 1.82) is 0 Å². The van der Waals surface area contributed by atoms with Crippen molar-refractivity contribution in [1.82, 2.24) is 34.4 Å². The number of piperazine rings is 1. The molecule has 12 nitrogen and oxygen atoms in total. The molecule has 1 fully saturated rings. The lowest BCUT2D eigenvalue weighted by Crippen LogP contribution is -2.58. The molecule has 0 bridgehead atoms. The number of aromatic nitrogens is 6. The lowest BCUT2D eigenvalue weighted by atomic mass is 10.1. The van der Waals surface area contributed by atoms with Gasteiger partial charge in [-0.15, -0.1) is 0 Å². The highest BCUT2D eigenvalue weighted by Crippen LogP contribution is 2.37. The summed E-state index contributed by atoms with van der Waals surface area (Å²) in [5, 5.41) is 7.51. The van der Waals surface area contributed by atoms with E-state index in [4.69, 9.17) is 14.5 Å². The molecule has 43 heavy (non-hydrogen) atoms. The Bertz CT molecular complexity index is 1880. The molecule has 1 atom stereocenters. The highest BCUT2D eigenvalue weighted by molar-refractivity contribution is 5.94. The summed E-state index contributed by atoms with van der Waals surface area (Å²) in [6.07, 6.45) is 4.82. The number of rotatable bonds is 4. The second kappa shape index (κ2) is 11.8. The number of hydrogen-bond acceptors (Lipinski definition) is 10. The van der Waals surface area contributed by atoms with Crippen molar-refractivity contribution in [3.8, 4) is 29.1 Å². The summed E-state index contributed by atoms with van der Waals surface area (Å²) < 4.78 is 13.9. The van der Waals surface area contributed by atoms with Gasteiger partial charge in [-0.05, 0) is 49.6 Å². The van der Waals surface area contributed by atoms with E-state index < -0.39 is 0 Å². The Morgan fingerprint density at radius 2 is 1.98 bits per heavy atom. The molecule has 12 heteroatoms. The van der Waals surface area contributed by atoms with Crippen LogP contribution in [0.2, 0.25) is 0 Å². The molecule has 0 spiro atoms. The standard InChI is InChI=1S/C29H25N9O3.C2H6/c1-3-4-26(39)36-9-10-37-20(14-36)15-40-24-13-22-27(35-29(24)37)28(32-16-30-22)34-19-5-6-23(18(2)11-19)41-21-7-8-38-25(12-21)31-17-33-38;1-2/h5-8,11-13,16-17,20H,9-10,14-15H2,1-2H3,(H,30,32,34);1-2H3. The van der Waals surface area contributed by atoms with Gasteiger partial charge in [-0.1, -0.05) is 19.8 Å². The van der Waals surface area contributed by atoms with E-state index in [1.54, 1.807) is 16.3 Å². The molecule has 6 heterocycles. The first-order valence-corrected chi connectivity index (χ1v) is 14.2. The monoisotopic (exact) mass is 577 g/mol. The van der Waals surface area contributed by atoms with Gasteiger partial charge in [-0.25, -0.2) is 24.5 Å². The minimum atomic E-state index is -0.160. The molecule has 5 aromatic rings. The molecule has 1 N–H and O–H groups in total. The van der Waals surface area contributed by atoms with Crippen molar-refractivity contribution < 1.29 is 14.3 Å². The van der Waals surface area contributed by atoms with Crippen LogP contribution in [0, 0.1) is 18.8 Å². The highest BCUT2D eigenvalue weighted by Gasteiger charge is 2.35. The second-order valence-electron chi connectivity index (χ2n) is 9.82. The minimum Gasteiger partial charge on any atom is -0.487 e. The van der Waals surface area contributed by atoms with Crippen LogP contribution in [0.3, 0.4) is 0 Å². The number of nitrogens with one attached hydrogen (secondary N) is 1. The first kappa shape index (κ1) is 27.7. The molecule has 1 saturated heterocycles. The quantitative estimate of drug-likeness (QED) is 0.308. The van der Waals surface area contributed by atoms with Crippen LogP contribution < -0.4 is 19.7 Å². The highest BCUT2D eigenvalue weighted by atomic mass is 16.5. The number of ether oxygens (including phenoxy) is 2. The fourth-order valence-electron chi connectivity index (χ4n) is 5.16. The summed E-state index contributed by atoms with van der Waals surface area (Å²) >= 11 is 0. The predicted octanol–water partition coefficient (Wildman–Crippen LogP) is 4.37. The smallest absolute Gasteiger partial charge is 0.298 e. The van der Waals surface area contributed by atoms with Gasteiger partial charge >= 0.3 is 0 Å². The number of pyridine rings is 2. The van der Waals surface area contributed by atoms with Gasteiger partial charge in [0.15, 0.2) is 23.0 Å². The maximum Gasteiger partial charge on any atom is 0.298 e. The molecule has 2 aliphatic heterocycles. The van der Waals surface area contributed by atoms with Crippen LogP contribution in [0.4, 0.5) is 17.3 Å². The van der Waals surface area contributed by atoms with Crippen LogP contribution in [0.25, 0.3) is 16.7 Å². The zero-order valence-corrected chi connectivity index (χ0v) is 24.4. The second-order valence-corrected chi connectivity index (χ2v) is 9.82. The molecule has 1 amide bonds. The predicted molar refractivity (Wildman–Crippen MR) is 163 cm³/mol. The summed E-state index contributed by atoms with van der Waals surface area (Å²) in [6.45, 7) is 9.85. The van der Waals surface area contributed by atoms with E-state index in [9.17, 15) is 4.79 Å². The normalized spacial score (nSPS) is 15.3. The SMILES string of the molecule is CC.CC#CC(=O)N1CCN2c3nc4c(Nc5ccc(Oc6ccn7ncnc7c6)c(C)c5)ncnc4cc3OCC2C1. The number of nitrogens with zero attached hydrogens (tertiary/aromatic N) is 8. The lowest BCUT2D eigenvalue weighted by molar-refractivity contribution is -0.126. The molecule has 2 aliphatic rings. The van der Waals surface area contributed by atoms with Crippen LogP contribution in [-0.4, -0.2) is 72.6 Å². The van der Waals surface area contributed by atoms with Gasteiger partial charge in [-0.3, -0.25) is 4.79 Å². The summed E-state index contributed by atoms with van der Waals surface area (Å²) in [6, 6.07) is 11.4. The molecule has 4 aromatic heterocycles. The molecule has 1 unspecified atom stereocenters. The first-order chi connectivity index (χ1) is 21.1. The summed E-state index contributed by atoms with van der Waals surface area (Å²) in [5.41, 5.74) is 3.79. The van der Waals surface area contributed by atoms with Gasteiger partial charge in [0.2, 0.25) is 0 Å². The van der Waals surface area contributed by atoms with Crippen molar-refractivity contribution in [2.45, 2.75) is 33.7 Å². The fourth-order valence-corrected chi connectivity index (χ4v) is 5.16. The minimum absolute atomic E-state index is 0.00879. The molecule has 218 valence electrons. The molecule has 1 aromatic carbocycles. The maximum atomic E-state index is 12.3. The number of benzene rings is 1. The Kier molecular flexibility index (Phi) is 7.61. The van der Waals surface area contributed by atoms with E-state index in [1.165, 1.54) is 12.7 Å². The van der Waals surface area contributed by atoms with Crippen molar-refractivity contribution in [3.05, 3.63) is 60.8 Å². The fraction of sp³-hybridized carbons (Fsp3) is 0.290. The van der Waals surface area contributed by atoms with Gasteiger partial charge in [0.1, 0.15) is 36.3 Å². The van der Waals surface area contributed by atoms with Crippen LogP contribution in [0.1, 0.15) is 26.3 Å². The van der Waals surface area contributed by atoms with Crippen LogP contribution in [-0.2, 0) is 4.79 Å². The Balaban J connectivity index is 0.00000161. The topological polar surface area (TPSA) is 123 Å². The van der Waals surface area contributed by atoms with E-state index >= 15 is 0 Å². The number of anilines is 3. The number of carbonyl (C=O) groups excluding carboxylic acids is 1. The number of carbonyl (C=O) groups is 1. The molecule has 0 saturated carbocycles. The molecule has 0 aliphatic carbocycles. The molecule has 7 rings (SSSR count).